The number of hydrogen-bond donors (Lipinski definition) is 0. The first kappa shape index (κ1) is 24.3. The second-order valence-electron chi connectivity index (χ2n) is 10.7. The Bertz CT molecular complexity index is 987. The maximum Gasteiger partial charge on any atom is 0.306 e. The molecule has 33 heavy (non-hydrogen) atoms. The van der Waals surface area contributed by atoms with Crippen LogP contribution in [0.1, 0.15) is 66.2 Å². The normalized spacial score (nSPS) is 43.9. The van der Waals surface area contributed by atoms with Crippen LogP contribution >= 0.6 is 11.6 Å². The Labute approximate surface area is 199 Å². The summed E-state index contributed by atoms with van der Waals surface area (Å²) in [5.74, 6) is -3.45. The van der Waals surface area contributed by atoms with Gasteiger partial charge in [-0.1, -0.05) is 32.4 Å². The Kier molecular flexibility index (Phi) is 5.79. The number of hydrogen-bond acceptors (Lipinski definition) is 5. The lowest BCUT2D eigenvalue weighted by Crippen LogP contribution is -2.68. The fourth-order valence-electron chi connectivity index (χ4n) is 7.66. The van der Waals surface area contributed by atoms with Crippen molar-refractivity contribution in [1.29, 1.82) is 0 Å². The van der Waals surface area contributed by atoms with E-state index < -0.39 is 51.5 Å². The van der Waals surface area contributed by atoms with Crippen LogP contribution in [0.3, 0.4) is 0 Å². The molecule has 4 aliphatic carbocycles. The van der Waals surface area contributed by atoms with Crippen LogP contribution in [0.2, 0.25) is 0 Å². The summed E-state index contributed by atoms with van der Waals surface area (Å²) in [6.45, 7) is 7.19. The largest absolute Gasteiger partial charge is 0.450 e. The van der Waals surface area contributed by atoms with E-state index >= 15 is 4.39 Å². The molecule has 4 aliphatic rings. The molecule has 4 rings (SSSR count). The lowest BCUT2D eigenvalue weighted by Gasteiger charge is -2.59. The maximum atomic E-state index is 17.1. The molecule has 7 heteroatoms. The second kappa shape index (κ2) is 7.86. The highest BCUT2D eigenvalue weighted by molar-refractivity contribution is 6.29. The van der Waals surface area contributed by atoms with Crippen molar-refractivity contribution in [2.45, 2.75) is 77.5 Å². The van der Waals surface area contributed by atoms with E-state index in [9.17, 15) is 19.2 Å². The van der Waals surface area contributed by atoms with E-state index in [4.69, 9.17) is 16.3 Å². The molecular formula is C26H32ClFO5. The highest BCUT2D eigenvalue weighted by Crippen LogP contribution is 2.70. The molecule has 5 nitrogen and oxygen atoms in total. The number of carbonyl (C=O) groups excluding carboxylic acids is 4. The number of ether oxygens (including phenoxy) is 1. The van der Waals surface area contributed by atoms with Gasteiger partial charge >= 0.3 is 5.97 Å². The summed E-state index contributed by atoms with van der Waals surface area (Å²) >= 11 is 6.02. The number of allylic oxidation sites excluding steroid dienone is 4. The highest BCUT2D eigenvalue weighted by atomic mass is 35.5. The van der Waals surface area contributed by atoms with E-state index in [0.717, 1.165) is 0 Å². The smallest absolute Gasteiger partial charge is 0.306 e. The molecule has 0 aromatic rings. The van der Waals surface area contributed by atoms with Gasteiger partial charge in [-0.2, -0.15) is 0 Å². The zero-order valence-electron chi connectivity index (χ0n) is 19.7. The van der Waals surface area contributed by atoms with Crippen LogP contribution in [0.25, 0.3) is 0 Å². The minimum atomic E-state index is -2.19. The molecule has 0 N–H and O–H groups in total. The van der Waals surface area contributed by atoms with Crippen molar-refractivity contribution < 1.29 is 28.3 Å². The first-order valence-corrected chi connectivity index (χ1v) is 12.4. The van der Waals surface area contributed by atoms with Crippen LogP contribution in [0, 0.1) is 28.6 Å². The number of carbonyl (C=O) groups is 4. The van der Waals surface area contributed by atoms with Crippen molar-refractivity contribution in [2.75, 3.05) is 5.88 Å². The van der Waals surface area contributed by atoms with Gasteiger partial charge in [-0.3, -0.25) is 19.2 Å². The number of Topliss-reactive ketones (excluding diaryl/α,β-unsaturated/α-hetero) is 2. The third-order valence-corrected chi connectivity index (χ3v) is 9.45. The van der Waals surface area contributed by atoms with E-state index in [2.05, 4.69) is 0 Å². The van der Waals surface area contributed by atoms with Crippen molar-refractivity contribution >= 4 is 34.9 Å². The van der Waals surface area contributed by atoms with Crippen molar-refractivity contribution in [3.63, 3.8) is 0 Å². The van der Waals surface area contributed by atoms with Crippen molar-refractivity contribution in [3.05, 3.63) is 23.8 Å². The van der Waals surface area contributed by atoms with E-state index in [1.54, 1.807) is 19.9 Å². The average Bonchev–Trinajstić information content (AvgIpc) is 2.97. The predicted molar refractivity (Wildman–Crippen MR) is 121 cm³/mol. The molecule has 0 heterocycles. The Balaban J connectivity index is 1.84. The van der Waals surface area contributed by atoms with Gasteiger partial charge in [0.05, 0.1) is 5.88 Å². The lowest BCUT2D eigenvalue weighted by atomic mass is 9.45. The van der Waals surface area contributed by atoms with Gasteiger partial charge in [-0.25, -0.2) is 4.39 Å². The molecule has 0 radical (unpaired) electrons. The van der Waals surface area contributed by atoms with Crippen LogP contribution < -0.4 is 0 Å². The van der Waals surface area contributed by atoms with E-state index in [-0.39, 0.29) is 30.4 Å². The number of rotatable bonds is 5. The van der Waals surface area contributed by atoms with Gasteiger partial charge in [0.25, 0.3) is 0 Å². The quantitative estimate of drug-likeness (QED) is 0.422. The zero-order chi connectivity index (χ0) is 24.4. The van der Waals surface area contributed by atoms with Crippen molar-refractivity contribution in [3.8, 4) is 0 Å². The number of esters is 1. The van der Waals surface area contributed by atoms with Gasteiger partial charge in [0.15, 0.2) is 28.6 Å². The molecule has 0 saturated heterocycles. The molecule has 0 aromatic heterocycles. The molecule has 0 aliphatic heterocycles. The number of fused-ring (bicyclic) bond motifs is 5. The summed E-state index contributed by atoms with van der Waals surface area (Å²) in [7, 11) is 0. The molecule has 3 saturated carbocycles. The Morgan fingerprint density at radius 3 is 2.58 bits per heavy atom. The lowest BCUT2D eigenvalue weighted by molar-refractivity contribution is -0.201. The van der Waals surface area contributed by atoms with Gasteiger partial charge in [-0.15, -0.1) is 11.6 Å². The van der Waals surface area contributed by atoms with Crippen LogP contribution in [0.4, 0.5) is 4.39 Å². The topological polar surface area (TPSA) is 77.5 Å². The molecule has 180 valence electrons. The predicted octanol–water partition coefficient (Wildman–Crippen LogP) is 4.70. The molecule has 0 unspecified atom stereocenters. The first-order chi connectivity index (χ1) is 15.4. The summed E-state index contributed by atoms with van der Waals surface area (Å²) in [5, 5.41) is 0. The van der Waals surface area contributed by atoms with E-state index in [1.807, 2.05) is 13.8 Å². The molecular weight excluding hydrogens is 447 g/mol. The van der Waals surface area contributed by atoms with Gasteiger partial charge < -0.3 is 4.74 Å². The molecule has 3 fully saturated rings. The summed E-state index contributed by atoms with van der Waals surface area (Å²) in [6.07, 6.45) is 6.21. The summed E-state index contributed by atoms with van der Waals surface area (Å²) in [4.78, 5) is 51.7. The van der Waals surface area contributed by atoms with Crippen molar-refractivity contribution in [1.82, 2.24) is 0 Å². The van der Waals surface area contributed by atoms with E-state index in [1.165, 1.54) is 12.2 Å². The maximum absolute atomic E-state index is 17.1. The Morgan fingerprint density at radius 1 is 1.24 bits per heavy atom. The van der Waals surface area contributed by atoms with Crippen LogP contribution in [-0.4, -0.2) is 40.5 Å². The minimum Gasteiger partial charge on any atom is -0.450 e. The van der Waals surface area contributed by atoms with Gasteiger partial charge in [-0.05, 0) is 50.7 Å². The standard InChI is InChI=1S/C26H32ClFO5/c1-5-6-22(32)33-26(21(31)14-27)15(2)11-19-18-8-7-16-12-17(29)9-10-23(16,3)25(18,28)20(30)13-24(19,26)4/h9-10,12,15,18-19H,5-8,11,13-14H2,1-4H3/t15-,18+,19+,23-,24+,25+,26+/m0/s1. The Morgan fingerprint density at radius 2 is 1.94 bits per heavy atom. The molecule has 0 bridgehead atoms. The van der Waals surface area contributed by atoms with Gasteiger partial charge in [0.1, 0.15) is 0 Å². The fraction of sp³-hybridized carbons (Fsp3) is 0.692. The van der Waals surface area contributed by atoms with Crippen LogP contribution in [0.15, 0.2) is 23.8 Å². The third kappa shape index (κ3) is 2.95. The van der Waals surface area contributed by atoms with Gasteiger partial charge in [0, 0.05) is 35.5 Å². The number of halogens is 2. The molecule has 7 atom stereocenters. The fourth-order valence-corrected chi connectivity index (χ4v) is 7.86. The van der Waals surface area contributed by atoms with E-state index in [0.29, 0.717) is 31.3 Å². The van der Waals surface area contributed by atoms with Crippen LogP contribution in [-0.2, 0) is 23.9 Å². The summed E-state index contributed by atoms with van der Waals surface area (Å²) in [5.41, 5.74) is -5.35. The molecule has 0 spiro atoms. The first-order valence-electron chi connectivity index (χ1n) is 11.9. The molecule has 0 amide bonds. The highest BCUT2D eigenvalue weighted by Gasteiger charge is 2.77. The number of alkyl halides is 2. The van der Waals surface area contributed by atoms with Gasteiger partial charge in [0.2, 0.25) is 0 Å². The zero-order valence-corrected chi connectivity index (χ0v) is 20.5. The Hall–Kier alpha value is -1.82. The summed E-state index contributed by atoms with van der Waals surface area (Å²) in [6, 6.07) is 0. The summed E-state index contributed by atoms with van der Waals surface area (Å²) < 4.78 is 23.1. The second-order valence-corrected chi connectivity index (χ2v) is 11.0. The van der Waals surface area contributed by atoms with Crippen LogP contribution in [0.5, 0.6) is 0 Å². The molecule has 0 aromatic carbocycles. The average molecular weight is 479 g/mol. The minimum absolute atomic E-state index is 0.153. The monoisotopic (exact) mass is 478 g/mol. The van der Waals surface area contributed by atoms with Crippen molar-refractivity contribution in [2.24, 2.45) is 28.6 Å². The SMILES string of the molecule is CCCC(=O)O[C@@]1(C(=O)CCl)[C@@H](C)C[C@@H]2[C@H]3CCC4=CC(=O)C=C[C@]4(C)[C@]3(F)C(=O)C[C@]21C. The number of ketones is 3. The third-order valence-electron chi connectivity index (χ3n) is 9.21.